The number of hydrogen-bond acceptors (Lipinski definition) is 0. The van der Waals surface area contributed by atoms with E-state index < -0.39 is 0 Å². The third-order valence-electron chi connectivity index (χ3n) is 3.80. The van der Waals surface area contributed by atoms with Crippen molar-refractivity contribution in [2.24, 2.45) is 5.92 Å². The van der Waals surface area contributed by atoms with Gasteiger partial charge in [-0.05, 0) is 55.9 Å². The molecule has 0 bridgehead atoms. The summed E-state index contributed by atoms with van der Waals surface area (Å²) in [4.78, 5) is 3.54. The van der Waals surface area contributed by atoms with E-state index in [9.17, 15) is 0 Å². The zero-order valence-electron chi connectivity index (χ0n) is 10.6. The van der Waals surface area contributed by atoms with Gasteiger partial charge in [0.05, 0.1) is 0 Å². The Morgan fingerprint density at radius 1 is 1.24 bits per heavy atom. The van der Waals surface area contributed by atoms with E-state index in [0.29, 0.717) is 0 Å². The number of allylic oxidation sites excluding steroid dienone is 2. The minimum atomic E-state index is 0.852. The standard InChI is InChI=1S/C16H19N/c1-11-3-6-13(7-4-11)16-10-14-9-12(2)5-8-15(14)17-16/h5-6,8-11,17H,3-4,7H2,1-2H3. The summed E-state index contributed by atoms with van der Waals surface area (Å²) in [7, 11) is 0. The molecule has 0 saturated carbocycles. The van der Waals surface area contributed by atoms with E-state index in [-0.39, 0.29) is 0 Å². The lowest BCUT2D eigenvalue weighted by atomic mass is 9.90. The summed E-state index contributed by atoms with van der Waals surface area (Å²) in [6.07, 6.45) is 6.17. The van der Waals surface area contributed by atoms with Crippen LogP contribution in [0.1, 0.15) is 37.4 Å². The molecule has 0 fully saturated rings. The van der Waals surface area contributed by atoms with Gasteiger partial charge in [0, 0.05) is 16.6 Å². The molecule has 1 atom stereocenters. The second-order valence-corrected chi connectivity index (χ2v) is 5.38. The van der Waals surface area contributed by atoms with Crippen LogP contribution in [0.25, 0.3) is 16.5 Å². The van der Waals surface area contributed by atoms with Gasteiger partial charge in [-0.3, -0.25) is 0 Å². The molecule has 0 aliphatic heterocycles. The quantitative estimate of drug-likeness (QED) is 0.725. The zero-order valence-corrected chi connectivity index (χ0v) is 10.6. The minimum absolute atomic E-state index is 0.852. The number of rotatable bonds is 1. The first-order chi connectivity index (χ1) is 8.22. The second-order valence-electron chi connectivity index (χ2n) is 5.38. The summed E-state index contributed by atoms with van der Waals surface area (Å²) < 4.78 is 0. The van der Waals surface area contributed by atoms with Gasteiger partial charge < -0.3 is 4.98 Å². The van der Waals surface area contributed by atoms with Crippen LogP contribution in [0.3, 0.4) is 0 Å². The number of aryl methyl sites for hydroxylation is 1. The highest BCUT2D eigenvalue weighted by Gasteiger charge is 2.13. The Balaban J connectivity index is 2.01. The van der Waals surface area contributed by atoms with Gasteiger partial charge in [0.25, 0.3) is 0 Å². The van der Waals surface area contributed by atoms with E-state index in [1.165, 1.54) is 47.0 Å². The Hall–Kier alpha value is -1.50. The highest BCUT2D eigenvalue weighted by Crippen LogP contribution is 2.31. The molecule has 1 aliphatic rings. The largest absolute Gasteiger partial charge is 0.355 e. The molecule has 1 heterocycles. The zero-order chi connectivity index (χ0) is 11.8. The third-order valence-corrected chi connectivity index (χ3v) is 3.80. The van der Waals surface area contributed by atoms with Crippen molar-refractivity contribution >= 4 is 16.5 Å². The number of fused-ring (bicyclic) bond motifs is 1. The van der Waals surface area contributed by atoms with Gasteiger partial charge in [-0.25, -0.2) is 0 Å². The molecule has 0 amide bonds. The lowest BCUT2D eigenvalue weighted by Gasteiger charge is -2.17. The number of aromatic nitrogens is 1. The first-order valence-electron chi connectivity index (χ1n) is 6.51. The Bertz CT molecular complexity index is 574. The molecule has 3 rings (SSSR count). The first kappa shape index (κ1) is 10.6. The molecule has 0 saturated heterocycles. The summed E-state index contributed by atoms with van der Waals surface area (Å²) in [6.45, 7) is 4.48. The highest BCUT2D eigenvalue weighted by molar-refractivity contribution is 5.85. The first-order valence-corrected chi connectivity index (χ1v) is 6.51. The van der Waals surface area contributed by atoms with Gasteiger partial charge in [0.1, 0.15) is 0 Å². The third kappa shape index (κ3) is 2.02. The Morgan fingerprint density at radius 3 is 2.88 bits per heavy atom. The van der Waals surface area contributed by atoms with E-state index >= 15 is 0 Å². The van der Waals surface area contributed by atoms with E-state index in [1.807, 2.05) is 0 Å². The van der Waals surface area contributed by atoms with Crippen molar-refractivity contribution in [3.8, 4) is 0 Å². The van der Waals surface area contributed by atoms with Crippen LogP contribution in [-0.2, 0) is 0 Å². The van der Waals surface area contributed by atoms with Crippen LogP contribution < -0.4 is 0 Å². The molecule has 1 unspecified atom stereocenters. The van der Waals surface area contributed by atoms with Crippen molar-refractivity contribution in [2.75, 3.05) is 0 Å². The van der Waals surface area contributed by atoms with Crippen molar-refractivity contribution in [1.82, 2.24) is 4.98 Å². The number of nitrogens with one attached hydrogen (secondary N) is 1. The smallest absolute Gasteiger partial charge is 0.0458 e. The van der Waals surface area contributed by atoms with Crippen LogP contribution in [0, 0.1) is 12.8 Å². The molecule has 0 spiro atoms. The molecular formula is C16H19N. The lowest BCUT2D eigenvalue weighted by Crippen LogP contribution is -2.00. The highest BCUT2D eigenvalue weighted by atomic mass is 14.7. The normalized spacial score (nSPS) is 20.6. The molecule has 1 aromatic heterocycles. The van der Waals surface area contributed by atoms with Gasteiger partial charge in [0.2, 0.25) is 0 Å². The summed E-state index contributed by atoms with van der Waals surface area (Å²) in [6, 6.07) is 8.89. The lowest BCUT2D eigenvalue weighted by molar-refractivity contribution is 0.533. The second kappa shape index (κ2) is 4.06. The molecule has 88 valence electrons. The fourth-order valence-electron chi connectivity index (χ4n) is 2.63. The van der Waals surface area contributed by atoms with Gasteiger partial charge >= 0.3 is 0 Å². The fraction of sp³-hybridized carbons (Fsp3) is 0.375. The van der Waals surface area contributed by atoms with Crippen molar-refractivity contribution in [1.29, 1.82) is 0 Å². The predicted molar refractivity (Wildman–Crippen MR) is 74.0 cm³/mol. The van der Waals surface area contributed by atoms with E-state index in [0.717, 1.165) is 5.92 Å². The number of H-pyrrole nitrogens is 1. The van der Waals surface area contributed by atoms with Crippen LogP contribution in [0.4, 0.5) is 0 Å². The average Bonchev–Trinajstić information content (AvgIpc) is 2.72. The minimum Gasteiger partial charge on any atom is -0.355 e. The summed E-state index contributed by atoms with van der Waals surface area (Å²) in [5, 5.41) is 1.33. The van der Waals surface area contributed by atoms with Crippen LogP contribution in [-0.4, -0.2) is 4.98 Å². The molecule has 0 radical (unpaired) electrons. The molecule has 1 heteroatoms. The monoisotopic (exact) mass is 225 g/mol. The predicted octanol–water partition coefficient (Wildman–Crippen LogP) is 4.68. The van der Waals surface area contributed by atoms with Crippen LogP contribution in [0.15, 0.2) is 30.3 Å². The molecule has 2 aromatic rings. The number of benzene rings is 1. The van der Waals surface area contributed by atoms with Crippen molar-refractivity contribution in [2.45, 2.75) is 33.1 Å². The number of aromatic amines is 1. The SMILES string of the molecule is Cc1ccc2[nH]c(C3=CCC(C)CC3)cc2c1. The molecule has 1 aromatic carbocycles. The average molecular weight is 225 g/mol. The van der Waals surface area contributed by atoms with Crippen molar-refractivity contribution < 1.29 is 0 Å². The van der Waals surface area contributed by atoms with Crippen LogP contribution >= 0.6 is 0 Å². The fourth-order valence-corrected chi connectivity index (χ4v) is 2.63. The maximum absolute atomic E-state index is 3.54. The molecule has 1 nitrogen and oxygen atoms in total. The van der Waals surface area contributed by atoms with Gasteiger partial charge in [-0.1, -0.05) is 24.6 Å². The van der Waals surface area contributed by atoms with E-state index in [4.69, 9.17) is 0 Å². The van der Waals surface area contributed by atoms with E-state index in [1.54, 1.807) is 0 Å². The molecule has 17 heavy (non-hydrogen) atoms. The van der Waals surface area contributed by atoms with Crippen LogP contribution in [0.2, 0.25) is 0 Å². The van der Waals surface area contributed by atoms with E-state index in [2.05, 4.69) is 49.2 Å². The maximum atomic E-state index is 3.54. The van der Waals surface area contributed by atoms with Crippen LogP contribution in [0.5, 0.6) is 0 Å². The topological polar surface area (TPSA) is 15.8 Å². The van der Waals surface area contributed by atoms with Gasteiger partial charge in [-0.2, -0.15) is 0 Å². The molecule has 1 aliphatic carbocycles. The van der Waals surface area contributed by atoms with Gasteiger partial charge in [-0.15, -0.1) is 0 Å². The van der Waals surface area contributed by atoms with Crippen molar-refractivity contribution in [3.63, 3.8) is 0 Å². The maximum Gasteiger partial charge on any atom is 0.0458 e. The summed E-state index contributed by atoms with van der Waals surface area (Å²) >= 11 is 0. The Kier molecular flexibility index (Phi) is 2.54. The van der Waals surface area contributed by atoms with Crippen molar-refractivity contribution in [3.05, 3.63) is 41.6 Å². The Labute approximate surface area is 103 Å². The molecule has 1 N–H and O–H groups in total. The summed E-state index contributed by atoms with van der Waals surface area (Å²) in [5.41, 5.74) is 5.40. The Morgan fingerprint density at radius 2 is 2.12 bits per heavy atom. The molecular weight excluding hydrogens is 206 g/mol. The number of hydrogen-bond donors (Lipinski definition) is 1. The van der Waals surface area contributed by atoms with Gasteiger partial charge in [0.15, 0.2) is 0 Å². The summed E-state index contributed by atoms with van der Waals surface area (Å²) in [5.74, 6) is 0.852.